The number of piperidine rings is 1. The fourth-order valence-corrected chi connectivity index (χ4v) is 7.38. The molecule has 3 aliphatic heterocycles. The molecule has 10 nitrogen and oxygen atoms in total. The molecular formula is C38H53N7O3. The third kappa shape index (κ3) is 7.29. The van der Waals surface area contributed by atoms with Crippen LogP contribution >= 0.6 is 0 Å². The number of aromatic nitrogens is 3. The number of piperazine rings is 1. The van der Waals surface area contributed by atoms with Gasteiger partial charge in [0.2, 0.25) is 0 Å². The second-order valence-corrected chi connectivity index (χ2v) is 15.7. The second kappa shape index (κ2) is 13.3. The van der Waals surface area contributed by atoms with Gasteiger partial charge < -0.3 is 29.4 Å². The molecule has 1 N–H and O–H groups in total. The molecule has 0 aliphatic carbocycles. The molecule has 1 aromatic carbocycles. The Kier molecular flexibility index (Phi) is 9.43. The van der Waals surface area contributed by atoms with Crippen LogP contribution in [0.1, 0.15) is 81.6 Å². The highest BCUT2D eigenvalue weighted by Crippen LogP contribution is 2.45. The molecule has 0 amide bonds. The number of benzene rings is 1. The van der Waals surface area contributed by atoms with E-state index in [1.165, 1.54) is 11.1 Å². The van der Waals surface area contributed by atoms with Crippen molar-refractivity contribution in [3.63, 3.8) is 0 Å². The molecule has 2 saturated heterocycles. The van der Waals surface area contributed by atoms with E-state index in [-0.39, 0.29) is 5.41 Å². The van der Waals surface area contributed by atoms with Crippen LogP contribution in [0.2, 0.25) is 0 Å². The van der Waals surface area contributed by atoms with Gasteiger partial charge in [0.1, 0.15) is 18.0 Å². The Morgan fingerprint density at radius 3 is 2.19 bits per heavy atom. The lowest BCUT2D eigenvalue weighted by Crippen LogP contribution is -2.45. The van der Waals surface area contributed by atoms with Gasteiger partial charge in [-0.15, -0.1) is 0 Å². The fraction of sp³-hybridized carbons (Fsp3) is 0.579. The number of carbonyl (C=O) groups is 1. The Bertz CT molecular complexity index is 1650. The van der Waals surface area contributed by atoms with Crippen molar-refractivity contribution >= 4 is 23.3 Å². The van der Waals surface area contributed by atoms with E-state index in [1.54, 1.807) is 6.33 Å². The number of aliphatic carboxylic acids is 1. The van der Waals surface area contributed by atoms with Crippen LogP contribution in [-0.4, -0.2) is 89.4 Å². The first kappa shape index (κ1) is 34.1. The summed E-state index contributed by atoms with van der Waals surface area (Å²) in [4.78, 5) is 36.6. The van der Waals surface area contributed by atoms with Gasteiger partial charge in [0.05, 0.1) is 11.3 Å². The highest BCUT2D eigenvalue weighted by atomic mass is 16.5. The molecule has 0 unspecified atom stereocenters. The summed E-state index contributed by atoms with van der Waals surface area (Å²) in [7, 11) is 2.16. The van der Waals surface area contributed by atoms with Gasteiger partial charge in [0.25, 0.3) is 0 Å². The van der Waals surface area contributed by atoms with Gasteiger partial charge in [-0.1, -0.05) is 32.0 Å². The smallest absolute Gasteiger partial charge is 0.337 e. The molecule has 0 bridgehead atoms. The molecule has 5 heterocycles. The monoisotopic (exact) mass is 655 g/mol. The third-order valence-corrected chi connectivity index (χ3v) is 10.3. The van der Waals surface area contributed by atoms with Gasteiger partial charge >= 0.3 is 5.97 Å². The van der Waals surface area contributed by atoms with E-state index in [9.17, 15) is 9.90 Å². The Morgan fingerprint density at radius 2 is 1.54 bits per heavy atom. The molecule has 2 aromatic heterocycles. The van der Waals surface area contributed by atoms with Crippen molar-refractivity contribution in [2.24, 2.45) is 5.41 Å². The zero-order chi connectivity index (χ0) is 34.4. The Balaban J connectivity index is 1.36. The maximum absolute atomic E-state index is 12.9. The molecule has 258 valence electrons. The van der Waals surface area contributed by atoms with Gasteiger partial charge in [-0.3, -0.25) is 4.98 Å². The van der Waals surface area contributed by atoms with E-state index >= 15 is 0 Å². The lowest BCUT2D eigenvalue weighted by molar-refractivity contribution is -0.160. The lowest BCUT2D eigenvalue weighted by Gasteiger charge is -2.41. The summed E-state index contributed by atoms with van der Waals surface area (Å²) in [5.41, 5.74) is 7.53. The first-order chi connectivity index (χ1) is 22.7. The minimum atomic E-state index is -1.13. The van der Waals surface area contributed by atoms with Crippen molar-refractivity contribution in [2.45, 2.75) is 86.0 Å². The highest BCUT2D eigenvalue weighted by Gasteiger charge is 2.37. The highest BCUT2D eigenvalue weighted by molar-refractivity contribution is 5.88. The van der Waals surface area contributed by atoms with Crippen LogP contribution in [0.5, 0.6) is 0 Å². The number of rotatable bonds is 7. The van der Waals surface area contributed by atoms with Crippen LogP contribution in [0.15, 0.2) is 30.6 Å². The van der Waals surface area contributed by atoms with Crippen molar-refractivity contribution in [2.75, 3.05) is 67.6 Å². The maximum atomic E-state index is 12.9. The SMILES string of the molecule is Cc1nc(C)c([C@H](OC(C)(C)C)C(=O)O)c(N2CCC(C)(C)CC2)c1-c1ccc2c(c1)CCN(c1cc(N3CCN(C)CC3)ncn1)C2. The molecule has 6 rings (SSSR count). The zero-order valence-corrected chi connectivity index (χ0v) is 30.1. The van der Waals surface area contributed by atoms with Crippen molar-refractivity contribution in [3.8, 4) is 11.1 Å². The van der Waals surface area contributed by atoms with Crippen LogP contribution in [0.4, 0.5) is 17.3 Å². The molecule has 48 heavy (non-hydrogen) atoms. The van der Waals surface area contributed by atoms with Gasteiger partial charge in [0.15, 0.2) is 6.10 Å². The number of nitrogens with zero attached hydrogens (tertiary/aromatic N) is 7. The zero-order valence-electron chi connectivity index (χ0n) is 30.1. The van der Waals surface area contributed by atoms with E-state index < -0.39 is 17.7 Å². The molecule has 2 fully saturated rings. The normalized spacial score (nSPS) is 19.3. The summed E-state index contributed by atoms with van der Waals surface area (Å²) >= 11 is 0. The van der Waals surface area contributed by atoms with Crippen molar-refractivity contribution < 1.29 is 14.6 Å². The average Bonchev–Trinajstić information content (AvgIpc) is 3.03. The Hall–Kier alpha value is -3.76. The number of hydrogen-bond acceptors (Lipinski definition) is 9. The predicted octanol–water partition coefficient (Wildman–Crippen LogP) is 6.04. The third-order valence-electron chi connectivity index (χ3n) is 10.3. The first-order valence-electron chi connectivity index (χ1n) is 17.5. The molecule has 3 aliphatic rings. The quantitative estimate of drug-likeness (QED) is 0.325. The predicted molar refractivity (Wildman–Crippen MR) is 192 cm³/mol. The topological polar surface area (TPSA) is 98.2 Å². The van der Waals surface area contributed by atoms with E-state index in [1.807, 2.05) is 27.7 Å². The Morgan fingerprint density at radius 1 is 0.875 bits per heavy atom. The number of hydrogen-bond donors (Lipinski definition) is 1. The minimum absolute atomic E-state index is 0.245. The molecule has 0 radical (unpaired) electrons. The maximum Gasteiger partial charge on any atom is 0.337 e. The Labute approximate surface area is 286 Å². The number of aryl methyl sites for hydroxylation is 2. The van der Waals surface area contributed by atoms with Gasteiger partial charge in [-0.2, -0.15) is 0 Å². The number of carboxylic acids is 1. The second-order valence-electron chi connectivity index (χ2n) is 15.7. The van der Waals surface area contributed by atoms with Crippen molar-refractivity contribution in [1.82, 2.24) is 19.9 Å². The van der Waals surface area contributed by atoms with Gasteiger partial charge in [0, 0.05) is 80.9 Å². The summed E-state index contributed by atoms with van der Waals surface area (Å²) in [6, 6.07) is 8.88. The largest absolute Gasteiger partial charge is 0.479 e. The molecule has 1 atom stereocenters. The number of pyridine rings is 1. The number of ether oxygens (including phenoxy) is 1. The summed E-state index contributed by atoms with van der Waals surface area (Å²) in [5.74, 6) is 0.969. The average molecular weight is 656 g/mol. The summed E-state index contributed by atoms with van der Waals surface area (Å²) in [6.45, 7) is 21.7. The van der Waals surface area contributed by atoms with Crippen LogP contribution in [0.3, 0.4) is 0 Å². The summed E-state index contributed by atoms with van der Waals surface area (Å²) < 4.78 is 6.28. The number of fused-ring (bicyclic) bond motifs is 1. The van der Waals surface area contributed by atoms with Crippen LogP contribution < -0.4 is 14.7 Å². The first-order valence-corrected chi connectivity index (χ1v) is 17.5. The molecule has 10 heteroatoms. The van der Waals surface area contributed by atoms with Crippen LogP contribution in [0.25, 0.3) is 11.1 Å². The summed E-state index contributed by atoms with van der Waals surface area (Å²) in [6.07, 6.45) is 3.52. The van der Waals surface area contributed by atoms with E-state index in [0.717, 1.165) is 106 Å². The minimum Gasteiger partial charge on any atom is -0.479 e. The standard InChI is InChI=1S/C38H53N7O3/c1-25-32(34(44-15-12-38(6,7)13-16-44)33(26(2)41-25)35(36(46)47)48-37(3,4)5)28-9-10-29-23-45(14-11-27(29)21-28)31-22-30(39-24-40-31)43-19-17-42(8)18-20-43/h9-10,21-22,24,35H,11-20,23H2,1-8H3,(H,46,47)/t35-/m0/s1. The van der Waals surface area contributed by atoms with E-state index in [0.29, 0.717) is 11.3 Å². The molecule has 0 spiro atoms. The van der Waals surface area contributed by atoms with Crippen LogP contribution in [-0.2, 0) is 22.5 Å². The fourth-order valence-electron chi connectivity index (χ4n) is 7.38. The molecular weight excluding hydrogens is 602 g/mol. The molecule has 0 saturated carbocycles. The lowest BCUT2D eigenvalue weighted by atomic mass is 9.81. The van der Waals surface area contributed by atoms with E-state index in [2.05, 4.69) is 81.7 Å². The van der Waals surface area contributed by atoms with Gasteiger partial charge in [-0.25, -0.2) is 14.8 Å². The van der Waals surface area contributed by atoms with Crippen LogP contribution in [0, 0.1) is 19.3 Å². The molecule has 3 aromatic rings. The number of carboxylic acid groups (broad SMARTS) is 1. The van der Waals surface area contributed by atoms with Gasteiger partial charge in [-0.05, 0) is 83.0 Å². The number of anilines is 3. The van der Waals surface area contributed by atoms with E-state index in [4.69, 9.17) is 9.72 Å². The van der Waals surface area contributed by atoms with Crippen molar-refractivity contribution in [1.29, 1.82) is 0 Å². The summed E-state index contributed by atoms with van der Waals surface area (Å²) in [5, 5.41) is 10.5. The van der Waals surface area contributed by atoms with Crippen molar-refractivity contribution in [3.05, 3.63) is 58.7 Å². The number of likely N-dealkylation sites (N-methyl/N-ethyl adjacent to an activating group) is 1.